The molecule has 0 atom stereocenters. The Kier molecular flexibility index (Phi) is 3.33. The summed E-state index contributed by atoms with van der Waals surface area (Å²) in [6.07, 6.45) is 2.29. The smallest absolute Gasteiger partial charge is 0.245 e. The lowest BCUT2D eigenvalue weighted by Gasteiger charge is -2.31. The summed E-state index contributed by atoms with van der Waals surface area (Å²) in [4.78, 5) is 6.69. The Bertz CT molecular complexity index is 357. The molecule has 0 spiro atoms. The summed E-state index contributed by atoms with van der Waals surface area (Å²) in [6.45, 7) is 5.94. The van der Waals surface area contributed by atoms with Crippen molar-refractivity contribution < 1.29 is 0 Å². The van der Waals surface area contributed by atoms with Gasteiger partial charge < -0.3 is 10.2 Å². The summed E-state index contributed by atoms with van der Waals surface area (Å²) in [5, 5.41) is 11.6. The standard InChI is InChI=1S/C11H19N5/c1-8-9(2)14-15-11(13-8)16-6-4-10(12-3)5-7-16/h10,12H,4-7H2,1-3H3. The molecule has 1 aliphatic rings. The lowest BCUT2D eigenvalue weighted by Crippen LogP contribution is -2.42. The highest BCUT2D eigenvalue weighted by molar-refractivity contribution is 5.30. The van der Waals surface area contributed by atoms with E-state index >= 15 is 0 Å². The number of nitrogens with one attached hydrogen (secondary N) is 1. The Hall–Kier alpha value is -1.23. The van der Waals surface area contributed by atoms with Gasteiger partial charge in [0.15, 0.2) is 0 Å². The van der Waals surface area contributed by atoms with Gasteiger partial charge in [-0.3, -0.25) is 0 Å². The second-order valence-electron chi connectivity index (χ2n) is 4.33. The zero-order chi connectivity index (χ0) is 11.5. The third kappa shape index (κ3) is 2.29. The van der Waals surface area contributed by atoms with E-state index in [1.807, 2.05) is 20.9 Å². The Morgan fingerprint density at radius 1 is 1.12 bits per heavy atom. The molecule has 16 heavy (non-hydrogen) atoms. The Morgan fingerprint density at radius 3 is 2.38 bits per heavy atom. The fourth-order valence-corrected chi connectivity index (χ4v) is 1.95. The fraction of sp³-hybridized carbons (Fsp3) is 0.727. The molecule has 0 bridgehead atoms. The van der Waals surface area contributed by atoms with E-state index in [4.69, 9.17) is 0 Å². The molecular weight excluding hydrogens is 202 g/mol. The van der Waals surface area contributed by atoms with Crippen molar-refractivity contribution in [2.24, 2.45) is 0 Å². The lowest BCUT2D eigenvalue weighted by molar-refractivity contribution is 0.437. The Balaban J connectivity index is 2.05. The highest BCUT2D eigenvalue weighted by atomic mass is 15.3. The van der Waals surface area contributed by atoms with Crippen molar-refractivity contribution in [3.63, 3.8) is 0 Å². The maximum atomic E-state index is 4.48. The van der Waals surface area contributed by atoms with Gasteiger partial charge in [0.25, 0.3) is 0 Å². The minimum Gasteiger partial charge on any atom is -0.339 e. The minimum absolute atomic E-state index is 0.635. The second kappa shape index (κ2) is 4.74. The molecule has 1 saturated heterocycles. The number of nitrogens with zero attached hydrogens (tertiary/aromatic N) is 4. The predicted octanol–water partition coefficient (Wildman–Crippen LogP) is 0.677. The lowest BCUT2D eigenvalue weighted by atomic mass is 10.1. The molecule has 5 heteroatoms. The summed E-state index contributed by atoms with van der Waals surface area (Å²) < 4.78 is 0. The van der Waals surface area contributed by atoms with Crippen LogP contribution in [-0.4, -0.2) is 41.4 Å². The van der Waals surface area contributed by atoms with Crippen LogP contribution in [0.4, 0.5) is 5.95 Å². The average Bonchev–Trinajstić information content (AvgIpc) is 2.33. The van der Waals surface area contributed by atoms with Crippen LogP contribution >= 0.6 is 0 Å². The van der Waals surface area contributed by atoms with Gasteiger partial charge in [-0.15, -0.1) is 5.10 Å². The van der Waals surface area contributed by atoms with Gasteiger partial charge in [-0.05, 0) is 33.7 Å². The summed E-state index contributed by atoms with van der Waals surface area (Å²) in [7, 11) is 2.02. The highest BCUT2D eigenvalue weighted by Gasteiger charge is 2.20. The molecule has 0 radical (unpaired) electrons. The van der Waals surface area contributed by atoms with E-state index in [0.717, 1.165) is 43.3 Å². The third-order valence-electron chi connectivity index (χ3n) is 3.27. The Morgan fingerprint density at radius 2 is 1.81 bits per heavy atom. The fourth-order valence-electron chi connectivity index (χ4n) is 1.95. The molecule has 0 aromatic carbocycles. The minimum atomic E-state index is 0.635. The van der Waals surface area contributed by atoms with Crippen LogP contribution < -0.4 is 10.2 Å². The van der Waals surface area contributed by atoms with Gasteiger partial charge in [-0.2, -0.15) is 5.10 Å². The summed E-state index contributed by atoms with van der Waals surface area (Å²) in [5.41, 5.74) is 1.88. The molecule has 2 rings (SSSR count). The van der Waals surface area contributed by atoms with Gasteiger partial charge in [0.1, 0.15) is 0 Å². The van der Waals surface area contributed by atoms with Crippen molar-refractivity contribution in [2.45, 2.75) is 32.7 Å². The number of hydrogen-bond donors (Lipinski definition) is 1. The first-order valence-electron chi connectivity index (χ1n) is 5.81. The molecule has 0 aliphatic carbocycles. The quantitative estimate of drug-likeness (QED) is 0.795. The molecule has 2 heterocycles. The van der Waals surface area contributed by atoms with Crippen LogP contribution in [-0.2, 0) is 0 Å². The van der Waals surface area contributed by atoms with E-state index in [1.165, 1.54) is 0 Å². The molecule has 88 valence electrons. The van der Waals surface area contributed by atoms with Crippen molar-refractivity contribution in [2.75, 3.05) is 25.0 Å². The van der Waals surface area contributed by atoms with Gasteiger partial charge in [0.2, 0.25) is 5.95 Å². The van der Waals surface area contributed by atoms with E-state index < -0.39 is 0 Å². The van der Waals surface area contributed by atoms with Crippen LogP contribution in [0.25, 0.3) is 0 Å². The third-order valence-corrected chi connectivity index (χ3v) is 3.27. The van der Waals surface area contributed by atoms with Crippen molar-refractivity contribution in [1.82, 2.24) is 20.5 Å². The first-order valence-corrected chi connectivity index (χ1v) is 5.81. The number of piperidine rings is 1. The zero-order valence-corrected chi connectivity index (χ0v) is 10.2. The van der Waals surface area contributed by atoms with Gasteiger partial charge in [-0.25, -0.2) is 4.98 Å². The predicted molar refractivity (Wildman–Crippen MR) is 63.6 cm³/mol. The van der Waals surface area contributed by atoms with Gasteiger partial charge in [0.05, 0.1) is 11.4 Å². The largest absolute Gasteiger partial charge is 0.339 e. The average molecular weight is 221 g/mol. The molecule has 1 aliphatic heterocycles. The van der Waals surface area contributed by atoms with E-state index in [2.05, 4.69) is 25.4 Å². The van der Waals surface area contributed by atoms with Gasteiger partial charge >= 0.3 is 0 Å². The highest BCUT2D eigenvalue weighted by Crippen LogP contribution is 2.15. The molecule has 1 aromatic heterocycles. The molecule has 0 saturated carbocycles. The molecule has 1 N–H and O–H groups in total. The Labute approximate surface area is 96.3 Å². The van der Waals surface area contributed by atoms with Gasteiger partial charge in [0, 0.05) is 19.1 Å². The topological polar surface area (TPSA) is 53.9 Å². The van der Waals surface area contributed by atoms with Crippen molar-refractivity contribution in [1.29, 1.82) is 0 Å². The first kappa shape index (κ1) is 11.3. The van der Waals surface area contributed by atoms with Crippen molar-refractivity contribution in [3.05, 3.63) is 11.4 Å². The molecule has 5 nitrogen and oxygen atoms in total. The van der Waals surface area contributed by atoms with E-state index in [-0.39, 0.29) is 0 Å². The number of rotatable bonds is 2. The van der Waals surface area contributed by atoms with Crippen LogP contribution in [0.2, 0.25) is 0 Å². The van der Waals surface area contributed by atoms with E-state index in [9.17, 15) is 0 Å². The molecular formula is C11H19N5. The molecule has 1 fully saturated rings. The van der Waals surface area contributed by atoms with Crippen molar-refractivity contribution in [3.8, 4) is 0 Å². The number of aromatic nitrogens is 3. The normalized spacial score (nSPS) is 17.8. The van der Waals surface area contributed by atoms with Crippen molar-refractivity contribution >= 4 is 5.95 Å². The van der Waals surface area contributed by atoms with E-state index in [0.29, 0.717) is 6.04 Å². The number of hydrogen-bond acceptors (Lipinski definition) is 5. The SMILES string of the molecule is CNC1CCN(c2nnc(C)c(C)n2)CC1. The van der Waals surface area contributed by atoms with Crippen LogP contribution in [0.1, 0.15) is 24.2 Å². The number of anilines is 1. The second-order valence-corrected chi connectivity index (χ2v) is 4.33. The zero-order valence-electron chi connectivity index (χ0n) is 10.2. The molecule has 0 amide bonds. The summed E-state index contributed by atoms with van der Waals surface area (Å²) in [5.74, 6) is 0.776. The van der Waals surface area contributed by atoms with Crippen LogP contribution in [0.3, 0.4) is 0 Å². The maximum Gasteiger partial charge on any atom is 0.245 e. The van der Waals surface area contributed by atoms with Gasteiger partial charge in [-0.1, -0.05) is 0 Å². The molecule has 0 unspecified atom stereocenters. The molecule has 1 aromatic rings. The van der Waals surface area contributed by atoms with E-state index in [1.54, 1.807) is 0 Å². The first-order chi connectivity index (χ1) is 7.70. The summed E-state index contributed by atoms with van der Waals surface area (Å²) >= 11 is 0. The maximum absolute atomic E-state index is 4.48. The van der Waals surface area contributed by atoms with Crippen LogP contribution in [0.5, 0.6) is 0 Å². The van der Waals surface area contributed by atoms with Crippen LogP contribution in [0.15, 0.2) is 0 Å². The number of aryl methyl sites for hydroxylation is 2. The summed E-state index contributed by atoms with van der Waals surface area (Å²) in [6, 6.07) is 0.635. The van der Waals surface area contributed by atoms with Crippen LogP contribution in [0, 0.1) is 13.8 Å². The monoisotopic (exact) mass is 221 g/mol.